The Morgan fingerprint density at radius 3 is 2.29 bits per heavy atom. The Labute approximate surface area is 182 Å². The summed E-state index contributed by atoms with van der Waals surface area (Å²) in [6, 6.07) is 8.51. The number of ether oxygens (including phenoxy) is 2. The van der Waals surface area contributed by atoms with E-state index in [1.165, 1.54) is 30.8 Å². The lowest BCUT2D eigenvalue weighted by Gasteiger charge is -2.25. The molecule has 0 fully saturated rings. The van der Waals surface area contributed by atoms with Crippen molar-refractivity contribution in [2.45, 2.75) is 19.4 Å². The van der Waals surface area contributed by atoms with Gasteiger partial charge in [-0.1, -0.05) is 12.1 Å². The van der Waals surface area contributed by atoms with Crippen LogP contribution in [0.5, 0.6) is 11.5 Å². The summed E-state index contributed by atoms with van der Waals surface area (Å²) in [5.74, 6) is -0.436. The van der Waals surface area contributed by atoms with Gasteiger partial charge in [-0.2, -0.15) is 11.8 Å². The SMILES string of the molecule is CSCCC(C(=O)Nc1cc2c(cc1C(C)=O)OCO2)N1C(=O)c2ccccc2C1=O. The van der Waals surface area contributed by atoms with Gasteiger partial charge in [0.25, 0.3) is 11.8 Å². The molecule has 0 aromatic heterocycles. The number of amides is 3. The van der Waals surface area contributed by atoms with Gasteiger partial charge in [0.15, 0.2) is 17.3 Å². The zero-order valence-electron chi connectivity index (χ0n) is 17.0. The van der Waals surface area contributed by atoms with Gasteiger partial charge in [0, 0.05) is 11.6 Å². The molecule has 3 amide bonds. The number of nitrogens with zero attached hydrogens (tertiary/aromatic N) is 1. The van der Waals surface area contributed by atoms with Gasteiger partial charge in [0.1, 0.15) is 6.04 Å². The van der Waals surface area contributed by atoms with E-state index in [-0.39, 0.29) is 41.4 Å². The van der Waals surface area contributed by atoms with Crippen LogP contribution in [0.1, 0.15) is 44.4 Å². The molecule has 2 aliphatic rings. The minimum Gasteiger partial charge on any atom is -0.454 e. The summed E-state index contributed by atoms with van der Waals surface area (Å²) in [4.78, 5) is 52.3. The number of Topliss-reactive ketones (excluding diaryl/α,β-unsaturated/α-hetero) is 1. The summed E-state index contributed by atoms with van der Waals surface area (Å²) in [5.41, 5.74) is 1.06. The Morgan fingerprint density at radius 2 is 1.71 bits per heavy atom. The summed E-state index contributed by atoms with van der Waals surface area (Å²) >= 11 is 1.50. The van der Waals surface area contributed by atoms with Crippen molar-refractivity contribution in [2.75, 3.05) is 24.1 Å². The number of hydrogen-bond donors (Lipinski definition) is 1. The van der Waals surface area contributed by atoms with Crippen LogP contribution in [-0.2, 0) is 4.79 Å². The van der Waals surface area contributed by atoms with Crippen molar-refractivity contribution in [3.05, 3.63) is 53.1 Å². The highest BCUT2D eigenvalue weighted by atomic mass is 32.2. The largest absolute Gasteiger partial charge is 0.454 e. The first-order chi connectivity index (χ1) is 14.9. The van der Waals surface area contributed by atoms with E-state index in [0.717, 1.165) is 4.90 Å². The summed E-state index contributed by atoms with van der Waals surface area (Å²) < 4.78 is 10.7. The Bertz CT molecular complexity index is 1060. The average molecular weight is 440 g/mol. The quantitative estimate of drug-likeness (QED) is 0.522. The van der Waals surface area contributed by atoms with Gasteiger partial charge < -0.3 is 14.8 Å². The number of nitrogens with one attached hydrogen (secondary N) is 1. The van der Waals surface area contributed by atoms with E-state index in [2.05, 4.69) is 5.32 Å². The van der Waals surface area contributed by atoms with Crippen LogP contribution in [0.25, 0.3) is 0 Å². The van der Waals surface area contributed by atoms with Crippen molar-refractivity contribution in [1.29, 1.82) is 0 Å². The van der Waals surface area contributed by atoms with Gasteiger partial charge >= 0.3 is 0 Å². The predicted molar refractivity (Wildman–Crippen MR) is 115 cm³/mol. The van der Waals surface area contributed by atoms with E-state index in [4.69, 9.17) is 9.47 Å². The molecule has 4 rings (SSSR count). The van der Waals surface area contributed by atoms with E-state index in [1.807, 2.05) is 6.26 Å². The number of fused-ring (bicyclic) bond motifs is 2. The lowest BCUT2D eigenvalue weighted by molar-refractivity contribution is -0.120. The Morgan fingerprint density at radius 1 is 1.10 bits per heavy atom. The molecule has 2 aromatic rings. The summed E-state index contributed by atoms with van der Waals surface area (Å²) in [6.45, 7) is 1.40. The van der Waals surface area contributed by atoms with E-state index in [1.54, 1.807) is 24.3 Å². The van der Waals surface area contributed by atoms with E-state index in [9.17, 15) is 19.2 Å². The number of hydrogen-bond acceptors (Lipinski definition) is 7. The normalized spacial score (nSPS) is 15.1. The number of imide groups is 1. The van der Waals surface area contributed by atoms with Gasteiger partial charge in [-0.05, 0) is 43.6 Å². The highest BCUT2D eigenvalue weighted by molar-refractivity contribution is 7.98. The number of benzene rings is 2. The fraction of sp³-hybridized carbons (Fsp3) is 0.273. The zero-order chi connectivity index (χ0) is 22.1. The van der Waals surface area contributed by atoms with Crippen LogP contribution in [0.15, 0.2) is 36.4 Å². The van der Waals surface area contributed by atoms with Gasteiger partial charge in [-0.25, -0.2) is 0 Å². The standard InChI is InChI=1S/C22H20N2O6S/c1-12(25)15-9-18-19(30-11-29-18)10-16(15)23-20(26)17(7-8-31-2)24-21(27)13-5-3-4-6-14(13)22(24)28/h3-6,9-10,17H,7-8,11H2,1-2H3,(H,23,26). The molecule has 0 radical (unpaired) electrons. The Balaban J connectivity index is 1.66. The molecule has 1 N–H and O–H groups in total. The molecule has 2 aliphatic heterocycles. The molecule has 0 saturated heterocycles. The van der Waals surface area contributed by atoms with Crippen molar-refractivity contribution in [2.24, 2.45) is 0 Å². The lowest BCUT2D eigenvalue weighted by atomic mass is 10.1. The average Bonchev–Trinajstić information content (AvgIpc) is 3.31. The second-order valence-corrected chi connectivity index (χ2v) is 8.11. The monoisotopic (exact) mass is 440 g/mol. The van der Waals surface area contributed by atoms with E-state index in [0.29, 0.717) is 17.3 Å². The Kier molecular flexibility index (Phi) is 5.69. The number of rotatable bonds is 7. The Hall–Kier alpha value is -3.33. The molecule has 2 aromatic carbocycles. The number of anilines is 1. The maximum absolute atomic E-state index is 13.3. The molecule has 31 heavy (non-hydrogen) atoms. The van der Waals surface area contributed by atoms with Crippen LogP contribution >= 0.6 is 11.8 Å². The highest BCUT2D eigenvalue weighted by Gasteiger charge is 2.42. The highest BCUT2D eigenvalue weighted by Crippen LogP contribution is 2.37. The van der Waals surface area contributed by atoms with Gasteiger partial charge in [-0.3, -0.25) is 24.1 Å². The van der Waals surface area contributed by atoms with Crippen LogP contribution in [0, 0.1) is 0 Å². The van der Waals surface area contributed by atoms with Crippen LogP contribution in [0.3, 0.4) is 0 Å². The van der Waals surface area contributed by atoms with Crippen molar-refractivity contribution in [3.63, 3.8) is 0 Å². The number of ketones is 1. The maximum atomic E-state index is 13.3. The van der Waals surface area contributed by atoms with Gasteiger partial charge in [0.2, 0.25) is 12.7 Å². The van der Waals surface area contributed by atoms with Crippen LogP contribution < -0.4 is 14.8 Å². The second kappa shape index (κ2) is 8.43. The molecule has 8 nitrogen and oxygen atoms in total. The molecule has 2 heterocycles. The first-order valence-corrected chi connectivity index (χ1v) is 11.0. The number of carbonyl (C=O) groups excluding carboxylic acids is 4. The van der Waals surface area contributed by atoms with Crippen molar-refractivity contribution in [1.82, 2.24) is 4.90 Å². The fourth-order valence-electron chi connectivity index (χ4n) is 3.65. The van der Waals surface area contributed by atoms with Gasteiger partial charge in [-0.15, -0.1) is 0 Å². The molecular weight excluding hydrogens is 420 g/mol. The minimum absolute atomic E-state index is 0.0233. The molecular formula is C22H20N2O6S. The predicted octanol–water partition coefficient (Wildman–Crippen LogP) is 2.97. The molecule has 0 saturated carbocycles. The van der Waals surface area contributed by atoms with E-state index >= 15 is 0 Å². The second-order valence-electron chi connectivity index (χ2n) is 7.12. The van der Waals surface area contributed by atoms with Crippen LogP contribution in [-0.4, -0.2) is 53.2 Å². The van der Waals surface area contributed by atoms with Crippen molar-refractivity contribution < 1.29 is 28.7 Å². The molecule has 1 unspecified atom stereocenters. The van der Waals surface area contributed by atoms with E-state index < -0.39 is 23.8 Å². The smallest absolute Gasteiger partial charge is 0.262 e. The third kappa shape index (κ3) is 3.76. The summed E-state index contributed by atoms with van der Waals surface area (Å²) in [6.07, 6.45) is 2.15. The summed E-state index contributed by atoms with van der Waals surface area (Å²) in [5, 5.41) is 2.72. The summed E-state index contributed by atoms with van der Waals surface area (Å²) in [7, 11) is 0. The lowest BCUT2D eigenvalue weighted by Crippen LogP contribution is -2.47. The number of thioether (sulfide) groups is 1. The molecule has 160 valence electrons. The third-order valence-electron chi connectivity index (χ3n) is 5.19. The van der Waals surface area contributed by atoms with Crippen molar-refractivity contribution in [3.8, 4) is 11.5 Å². The molecule has 0 spiro atoms. The topological polar surface area (TPSA) is 102 Å². The molecule has 1 atom stereocenters. The minimum atomic E-state index is -1.02. The number of carbonyl (C=O) groups is 4. The molecule has 0 bridgehead atoms. The molecule has 9 heteroatoms. The maximum Gasteiger partial charge on any atom is 0.262 e. The molecule has 0 aliphatic carbocycles. The first-order valence-electron chi connectivity index (χ1n) is 9.63. The van der Waals surface area contributed by atoms with Crippen molar-refractivity contribution >= 4 is 41.0 Å². The van der Waals surface area contributed by atoms with Gasteiger partial charge in [0.05, 0.1) is 16.8 Å². The zero-order valence-corrected chi connectivity index (χ0v) is 17.8. The first kappa shape index (κ1) is 20.9. The van der Waals surface area contributed by atoms with Crippen LogP contribution in [0.2, 0.25) is 0 Å². The third-order valence-corrected chi connectivity index (χ3v) is 5.83. The fourth-order valence-corrected chi connectivity index (χ4v) is 4.11. The van der Waals surface area contributed by atoms with Crippen LogP contribution in [0.4, 0.5) is 5.69 Å².